The molecular weight excluding hydrogens is 220 g/mol. The van der Waals surface area contributed by atoms with Gasteiger partial charge >= 0.3 is 0 Å². The standard InChI is InChI=1S/C11H14N4O2/c1-2-17-11-4-3-9(7-15-11)14-8-10(16)13-6-5-12/h3-4,7,14H,2,6,8H2,1H3,(H,13,16). The van der Waals surface area contributed by atoms with Crippen molar-refractivity contribution in [1.29, 1.82) is 5.26 Å². The van der Waals surface area contributed by atoms with E-state index in [9.17, 15) is 4.79 Å². The monoisotopic (exact) mass is 234 g/mol. The molecule has 0 saturated carbocycles. The van der Waals surface area contributed by atoms with Gasteiger partial charge in [0.1, 0.15) is 6.54 Å². The van der Waals surface area contributed by atoms with Crippen LogP contribution in [0.2, 0.25) is 0 Å². The Morgan fingerprint density at radius 2 is 2.41 bits per heavy atom. The number of nitrogens with one attached hydrogen (secondary N) is 2. The van der Waals surface area contributed by atoms with E-state index in [4.69, 9.17) is 10.00 Å². The minimum atomic E-state index is -0.236. The van der Waals surface area contributed by atoms with Gasteiger partial charge in [-0.15, -0.1) is 0 Å². The van der Waals surface area contributed by atoms with Crippen LogP contribution in [0.15, 0.2) is 18.3 Å². The molecule has 2 N–H and O–H groups in total. The Bertz CT molecular complexity index is 397. The van der Waals surface area contributed by atoms with Crippen LogP contribution in [0.25, 0.3) is 0 Å². The molecule has 0 unspecified atom stereocenters. The third kappa shape index (κ3) is 4.84. The molecule has 1 aromatic heterocycles. The number of ether oxygens (including phenoxy) is 1. The lowest BCUT2D eigenvalue weighted by Gasteiger charge is -2.06. The van der Waals surface area contributed by atoms with E-state index < -0.39 is 0 Å². The molecule has 0 saturated heterocycles. The van der Waals surface area contributed by atoms with Crippen molar-refractivity contribution < 1.29 is 9.53 Å². The van der Waals surface area contributed by atoms with Gasteiger partial charge in [0.15, 0.2) is 0 Å². The number of nitriles is 1. The highest BCUT2D eigenvalue weighted by Gasteiger charge is 2.00. The van der Waals surface area contributed by atoms with Gasteiger partial charge in [0.25, 0.3) is 0 Å². The van der Waals surface area contributed by atoms with Gasteiger partial charge in [0.2, 0.25) is 11.8 Å². The summed E-state index contributed by atoms with van der Waals surface area (Å²) in [4.78, 5) is 15.2. The Morgan fingerprint density at radius 1 is 1.59 bits per heavy atom. The minimum Gasteiger partial charge on any atom is -0.478 e. The van der Waals surface area contributed by atoms with Crippen molar-refractivity contribution in [3.8, 4) is 11.9 Å². The van der Waals surface area contributed by atoms with Crippen LogP contribution in [0.1, 0.15) is 6.92 Å². The van der Waals surface area contributed by atoms with Gasteiger partial charge in [-0.3, -0.25) is 4.79 Å². The van der Waals surface area contributed by atoms with Gasteiger partial charge in [-0.05, 0) is 13.0 Å². The van der Waals surface area contributed by atoms with Crippen LogP contribution in [0.5, 0.6) is 5.88 Å². The summed E-state index contributed by atoms with van der Waals surface area (Å²) in [5.74, 6) is 0.312. The number of anilines is 1. The number of hydrogen-bond donors (Lipinski definition) is 2. The van der Waals surface area contributed by atoms with Crippen LogP contribution in [0, 0.1) is 11.3 Å². The molecule has 0 spiro atoms. The van der Waals surface area contributed by atoms with Crippen LogP contribution in [0.4, 0.5) is 5.69 Å². The number of hydrogen-bond acceptors (Lipinski definition) is 5. The highest BCUT2D eigenvalue weighted by molar-refractivity contribution is 5.80. The summed E-state index contributed by atoms with van der Waals surface area (Å²) in [7, 11) is 0. The van der Waals surface area contributed by atoms with Crippen molar-refractivity contribution in [2.45, 2.75) is 6.92 Å². The van der Waals surface area contributed by atoms with Gasteiger partial charge in [0, 0.05) is 6.07 Å². The third-order valence-electron chi connectivity index (χ3n) is 1.85. The molecule has 0 aromatic carbocycles. The highest BCUT2D eigenvalue weighted by atomic mass is 16.5. The maximum atomic E-state index is 11.2. The topological polar surface area (TPSA) is 87.0 Å². The number of amides is 1. The van der Waals surface area contributed by atoms with E-state index in [2.05, 4.69) is 15.6 Å². The normalized spacial score (nSPS) is 9.18. The molecule has 0 fully saturated rings. The Balaban J connectivity index is 2.37. The molecule has 17 heavy (non-hydrogen) atoms. The molecule has 90 valence electrons. The fourth-order valence-electron chi connectivity index (χ4n) is 1.10. The molecular formula is C11H14N4O2. The number of rotatable bonds is 6. The molecule has 0 atom stereocenters. The maximum absolute atomic E-state index is 11.2. The van der Waals surface area contributed by atoms with E-state index in [0.29, 0.717) is 12.5 Å². The van der Waals surface area contributed by atoms with Gasteiger partial charge in [0.05, 0.1) is 31.1 Å². The van der Waals surface area contributed by atoms with Crippen LogP contribution >= 0.6 is 0 Å². The van der Waals surface area contributed by atoms with Crippen molar-refractivity contribution in [3.63, 3.8) is 0 Å². The van der Waals surface area contributed by atoms with Crippen molar-refractivity contribution >= 4 is 11.6 Å². The van der Waals surface area contributed by atoms with Crippen molar-refractivity contribution in [2.24, 2.45) is 0 Å². The zero-order chi connectivity index (χ0) is 12.5. The van der Waals surface area contributed by atoms with Crippen molar-refractivity contribution in [2.75, 3.05) is 25.0 Å². The molecule has 0 bridgehead atoms. The summed E-state index contributed by atoms with van der Waals surface area (Å²) in [6.45, 7) is 2.57. The summed E-state index contributed by atoms with van der Waals surface area (Å²) < 4.78 is 5.19. The predicted molar refractivity (Wildman–Crippen MR) is 62.5 cm³/mol. The van der Waals surface area contributed by atoms with Crippen LogP contribution in [0.3, 0.4) is 0 Å². The second-order valence-electron chi connectivity index (χ2n) is 3.11. The number of carbonyl (C=O) groups is 1. The zero-order valence-corrected chi connectivity index (χ0v) is 9.56. The number of pyridine rings is 1. The van der Waals surface area contributed by atoms with E-state index >= 15 is 0 Å². The largest absolute Gasteiger partial charge is 0.478 e. The molecule has 6 heteroatoms. The quantitative estimate of drug-likeness (QED) is 0.701. The first-order chi connectivity index (χ1) is 8.26. The van der Waals surface area contributed by atoms with E-state index in [0.717, 1.165) is 5.69 Å². The molecule has 0 aliphatic heterocycles. The van der Waals surface area contributed by atoms with Gasteiger partial charge < -0.3 is 15.4 Å². The van der Waals surface area contributed by atoms with Gasteiger partial charge in [-0.25, -0.2) is 4.98 Å². The van der Waals surface area contributed by atoms with E-state index in [-0.39, 0.29) is 19.0 Å². The summed E-state index contributed by atoms with van der Waals surface area (Å²) in [6, 6.07) is 5.32. The fraction of sp³-hybridized carbons (Fsp3) is 0.364. The van der Waals surface area contributed by atoms with Crippen molar-refractivity contribution in [1.82, 2.24) is 10.3 Å². The summed E-state index contributed by atoms with van der Waals surface area (Å²) >= 11 is 0. The summed E-state index contributed by atoms with van der Waals surface area (Å²) in [5, 5.41) is 13.6. The summed E-state index contributed by atoms with van der Waals surface area (Å²) in [6.07, 6.45) is 1.59. The zero-order valence-electron chi connectivity index (χ0n) is 9.56. The first kappa shape index (κ1) is 12.8. The first-order valence-electron chi connectivity index (χ1n) is 5.22. The molecule has 1 rings (SSSR count). The minimum absolute atomic E-state index is 0.0159. The lowest BCUT2D eigenvalue weighted by Crippen LogP contribution is -2.29. The van der Waals surface area contributed by atoms with Crippen molar-refractivity contribution in [3.05, 3.63) is 18.3 Å². The van der Waals surface area contributed by atoms with E-state index in [1.165, 1.54) is 0 Å². The van der Waals surface area contributed by atoms with Crippen LogP contribution < -0.4 is 15.4 Å². The Hall–Kier alpha value is -2.29. The molecule has 1 heterocycles. The maximum Gasteiger partial charge on any atom is 0.240 e. The van der Waals surface area contributed by atoms with Crippen LogP contribution in [-0.4, -0.2) is 30.6 Å². The molecule has 0 aliphatic rings. The number of carbonyl (C=O) groups excluding carboxylic acids is 1. The lowest BCUT2D eigenvalue weighted by molar-refractivity contribution is -0.119. The summed E-state index contributed by atoms with van der Waals surface area (Å²) in [5.41, 5.74) is 0.723. The first-order valence-corrected chi connectivity index (χ1v) is 5.22. The Labute approximate surface area is 99.6 Å². The SMILES string of the molecule is CCOc1ccc(NCC(=O)NCC#N)cn1. The number of nitrogens with zero attached hydrogens (tertiary/aromatic N) is 2. The highest BCUT2D eigenvalue weighted by Crippen LogP contribution is 2.10. The Morgan fingerprint density at radius 3 is 3.00 bits per heavy atom. The molecule has 6 nitrogen and oxygen atoms in total. The van der Waals surface area contributed by atoms with E-state index in [1.807, 2.05) is 13.0 Å². The predicted octanol–water partition coefficient (Wildman–Crippen LogP) is 0.532. The Kier molecular flexibility index (Phi) is 5.31. The molecule has 1 amide bonds. The second-order valence-corrected chi connectivity index (χ2v) is 3.11. The molecule has 0 radical (unpaired) electrons. The van der Waals surface area contributed by atoms with Crippen LogP contribution in [-0.2, 0) is 4.79 Å². The third-order valence-corrected chi connectivity index (χ3v) is 1.85. The second kappa shape index (κ2) is 7.06. The average molecular weight is 234 g/mol. The molecule has 1 aromatic rings. The number of aromatic nitrogens is 1. The lowest BCUT2D eigenvalue weighted by atomic mass is 10.4. The van der Waals surface area contributed by atoms with Gasteiger partial charge in [-0.1, -0.05) is 0 Å². The van der Waals surface area contributed by atoms with Gasteiger partial charge in [-0.2, -0.15) is 5.26 Å². The smallest absolute Gasteiger partial charge is 0.240 e. The van der Waals surface area contributed by atoms with E-state index in [1.54, 1.807) is 18.3 Å². The molecule has 0 aliphatic carbocycles. The fourth-order valence-corrected chi connectivity index (χ4v) is 1.10. The average Bonchev–Trinajstić information content (AvgIpc) is 2.36.